The first-order chi connectivity index (χ1) is 7.90. The van der Waals surface area contributed by atoms with E-state index in [1.54, 1.807) is 0 Å². The van der Waals surface area contributed by atoms with Crippen LogP contribution < -0.4 is 5.73 Å². The lowest BCUT2D eigenvalue weighted by Crippen LogP contribution is -2.38. The van der Waals surface area contributed by atoms with Crippen LogP contribution in [0.2, 0.25) is 0 Å². The highest BCUT2D eigenvalue weighted by atomic mass is 19.4. The van der Waals surface area contributed by atoms with E-state index >= 15 is 0 Å². The fourth-order valence-electron chi connectivity index (χ4n) is 2.13. The molecule has 0 bridgehead atoms. The van der Waals surface area contributed by atoms with Crippen LogP contribution in [0.1, 0.15) is 13.3 Å². The van der Waals surface area contributed by atoms with Crippen LogP contribution in [0.4, 0.5) is 13.2 Å². The third-order valence-electron chi connectivity index (χ3n) is 3.06. The monoisotopic (exact) mass is 253 g/mol. The summed E-state index contributed by atoms with van der Waals surface area (Å²) in [6.07, 6.45) is -3.28. The van der Waals surface area contributed by atoms with Crippen LogP contribution in [-0.4, -0.2) is 61.8 Å². The first-order valence-corrected chi connectivity index (χ1v) is 6.12. The van der Waals surface area contributed by atoms with E-state index in [1.165, 1.54) is 4.90 Å². The van der Waals surface area contributed by atoms with Gasteiger partial charge in [-0.2, -0.15) is 13.2 Å². The van der Waals surface area contributed by atoms with Gasteiger partial charge in [-0.05, 0) is 32.0 Å². The number of nitrogens with two attached hydrogens (primary N) is 1. The van der Waals surface area contributed by atoms with Crippen molar-refractivity contribution in [2.75, 3.05) is 45.8 Å². The van der Waals surface area contributed by atoms with Crippen molar-refractivity contribution < 1.29 is 13.2 Å². The summed E-state index contributed by atoms with van der Waals surface area (Å²) in [5.74, 6) is 0.407. The van der Waals surface area contributed by atoms with Gasteiger partial charge in [-0.3, -0.25) is 4.90 Å². The van der Waals surface area contributed by atoms with Gasteiger partial charge in [0.2, 0.25) is 0 Å². The van der Waals surface area contributed by atoms with Gasteiger partial charge in [0.05, 0.1) is 6.54 Å². The molecule has 2 N–H and O–H groups in total. The van der Waals surface area contributed by atoms with Crippen molar-refractivity contribution in [1.29, 1.82) is 0 Å². The van der Waals surface area contributed by atoms with Gasteiger partial charge in [0, 0.05) is 19.6 Å². The lowest BCUT2D eigenvalue weighted by Gasteiger charge is -2.24. The predicted molar refractivity (Wildman–Crippen MR) is 61.8 cm³/mol. The maximum atomic E-state index is 12.3. The normalized spacial score (nSPS) is 22.4. The summed E-state index contributed by atoms with van der Waals surface area (Å²) in [4.78, 5) is 3.71. The minimum absolute atomic E-state index is 0.407. The molecule has 3 nitrogen and oxygen atoms in total. The molecule has 1 unspecified atom stereocenters. The third kappa shape index (κ3) is 6.24. The van der Waals surface area contributed by atoms with Crippen LogP contribution in [0.5, 0.6) is 0 Å². The largest absolute Gasteiger partial charge is 0.401 e. The van der Waals surface area contributed by atoms with Gasteiger partial charge in [-0.15, -0.1) is 0 Å². The summed E-state index contributed by atoms with van der Waals surface area (Å²) in [6.45, 7) is 5.41. The Labute approximate surface area is 101 Å². The number of alkyl halides is 3. The Morgan fingerprint density at radius 1 is 1.12 bits per heavy atom. The molecule has 0 amide bonds. The van der Waals surface area contributed by atoms with Crippen LogP contribution in [-0.2, 0) is 0 Å². The van der Waals surface area contributed by atoms with E-state index in [1.807, 2.05) is 0 Å². The van der Waals surface area contributed by atoms with Crippen LogP contribution in [0, 0.1) is 5.92 Å². The number of rotatable bonds is 4. The zero-order valence-electron chi connectivity index (χ0n) is 10.3. The molecule has 102 valence electrons. The summed E-state index contributed by atoms with van der Waals surface area (Å²) < 4.78 is 36.8. The van der Waals surface area contributed by atoms with Crippen molar-refractivity contribution >= 4 is 0 Å². The van der Waals surface area contributed by atoms with Gasteiger partial charge in [0.15, 0.2) is 0 Å². The Balaban J connectivity index is 2.34. The topological polar surface area (TPSA) is 32.5 Å². The summed E-state index contributed by atoms with van der Waals surface area (Å²) in [7, 11) is 0. The highest BCUT2D eigenvalue weighted by molar-refractivity contribution is 4.73. The molecule has 1 saturated heterocycles. The van der Waals surface area contributed by atoms with Crippen LogP contribution in [0.3, 0.4) is 0 Å². The van der Waals surface area contributed by atoms with Crippen LogP contribution in [0.15, 0.2) is 0 Å². The summed E-state index contributed by atoms with van der Waals surface area (Å²) in [5, 5.41) is 0. The van der Waals surface area contributed by atoms with Gasteiger partial charge in [0.25, 0.3) is 0 Å². The molecule has 0 aliphatic carbocycles. The second kappa shape index (κ2) is 6.56. The van der Waals surface area contributed by atoms with Crippen molar-refractivity contribution in [1.82, 2.24) is 9.80 Å². The van der Waals surface area contributed by atoms with Crippen molar-refractivity contribution in [2.45, 2.75) is 19.5 Å². The van der Waals surface area contributed by atoms with Crippen molar-refractivity contribution in [3.63, 3.8) is 0 Å². The summed E-state index contributed by atoms with van der Waals surface area (Å²) >= 11 is 0. The second-order valence-corrected chi connectivity index (χ2v) is 4.89. The Hall–Kier alpha value is -0.330. The molecule has 1 aliphatic heterocycles. The Morgan fingerprint density at radius 3 is 2.29 bits per heavy atom. The Bertz CT molecular complexity index is 220. The SMILES string of the molecule is CC(CN)CN1CCCN(CC(F)(F)F)CC1. The molecule has 0 saturated carbocycles. The predicted octanol–water partition coefficient (Wildman–Crippen LogP) is 1.15. The zero-order chi connectivity index (χ0) is 12.9. The molecule has 6 heteroatoms. The van der Waals surface area contributed by atoms with Crippen molar-refractivity contribution in [3.8, 4) is 0 Å². The Kier molecular flexibility index (Phi) is 5.69. The lowest BCUT2D eigenvalue weighted by molar-refractivity contribution is -0.145. The summed E-state index contributed by atoms with van der Waals surface area (Å²) in [6, 6.07) is 0. The van der Waals surface area contributed by atoms with E-state index in [4.69, 9.17) is 5.73 Å². The molecule has 1 rings (SSSR count). The first-order valence-electron chi connectivity index (χ1n) is 6.12. The van der Waals surface area contributed by atoms with Crippen molar-refractivity contribution in [3.05, 3.63) is 0 Å². The minimum atomic E-state index is -4.08. The molecular weight excluding hydrogens is 231 g/mol. The van der Waals surface area contributed by atoms with E-state index < -0.39 is 12.7 Å². The van der Waals surface area contributed by atoms with Crippen LogP contribution >= 0.6 is 0 Å². The van der Waals surface area contributed by atoms with Crippen molar-refractivity contribution in [2.24, 2.45) is 11.7 Å². The fraction of sp³-hybridized carbons (Fsp3) is 1.00. The summed E-state index contributed by atoms with van der Waals surface area (Å²) in [5.41, 5.74) is 5.55. The average molecular weight is 253 g/mol. The number of nitrogens with zero attached hydrogens (tertiary/aromatic N) is 2. The van der Waals surface area contributed by atoms with Gasteiger partial charge in [-0.25, -0.2) is 0 Å². The van der Waals surface area contributed by atoms with E-state index in [-0.39, 0.29) is 0 Å². The molecule has 0 radical (unpaired) electrons. The first kappa shape index (κ1) is 14.7. The van der Waals surface area contributed by atoms with E-state index in [0.29, 0.717) is 32.1 Å². The lowest BCUT2D eigenvalue weighted by atomic mass is 10.1. The molecule has 1 fully saturated rings. The van der Waals surface area contributed by atoms with E-state index in [2.05, 4.69) is 11.8 Å². The van der Waals surface area contributed by atoms with Gasteiger partial charge in [-0.1, -0.05) is 6.92 Å². The Morgan fingerprint density at radius 2 is 1.71 bits per heavy atom. The third-order valence-corrected chi connectivity index (χ3v) is 3.06. The molecule has 0 aromatic rings. The number of hydrogen-bond donors (Lipinski definition) is 1. The average Bonchev–Trinajstić information content (AvgIpc) is 2.42. The molecule has 17 heavy (non-hydrogen) atoms. The quantitative estimate of drug-likeness (QED) is 0.816. The van der Waals surface area contributed by atoms with Gasteiger partial charge >= 0.3 is 6.18 Å². The van der Waals surface area contributed by atoms with Gasteiger partial charge in [0.1, 0.15) is 0 Å². The molecule has 1 atom stereocenters. The molecular formula is C11H22F3N3. The second-order valence-electron chi connectivity index (χ2n) is 4.89. The van der Waals surface area contributed by atoms with Crippen LogP contribution in [0.25, 0.3) is 0 Å². The minimum Gasteiger partial charge on any atom is -0.330 e. The molecule has 1 aliphatic rings. The zero-order valence-corrected chi connectivity index (χ0v) is 10.3. The maximum Gasteiger partial charge on any atom is 0.401 e. The fourth-order valence-corrected chi connectivity index (χ4v) is 2.13. The van der Waals surface area contributed by atoms with E-state index in [9.17, 15) is 13.2 Å². The smallest absolute Gasteiger partial charge is 0.330 e. The molecule has 0 aromatic heterocycles. The highest BCUT2D eigenvalue weighted by Crippen LogP contribution is 2.17. The van der Waals surface area contributed by atoms with E-state index in [0.717, 1.165) is 19.5 Å². The van der Waals surface area contributed by atoms with Gasteiger partial charge < -0.3 is 10.6 Å². The number of halogens is 3. The number of hydrogen-bond acceptors (Lipinski definition) is 3. The standard InChI is InChI=1S/C11H22F3N3/c1-10(7-15)8-16-3-2-4-17(6-5-16)9-11(12,13)14/h10H,2-9,15H2,1H3. The molecule has 0 spiro atoms. The maximum absolute atomic E-state index is 12.3. The molecule has 0 aromatic carbocycles. The molecule has 1 heterocycles. The highest BCUT2D eigenvalue weighted by Gasteiger charge is 2.31.